The summed E-state index contributed by atoms with van der Waals surface area (Å²) in [7, 11) is -4.09. The molecule has 1 heterocycles. The van der Waals surface area contributed by atoms with Gasteiger partial charge in [0.15, 0.2) is 5.25 Å². The first kappa shape index (κ1) is 15.6. The molecule has 0 aliphatic carbocycles. The summed E-state index contributed by atoms with van der Waals surface area (Å²) in [5, 5.41) is 7.13. The first-order valence-electron chi connectivity index (χ1n) is 6.60. The van der Waals surface area contributed by atoms with Gasteiger partial charge in [0.25, 0.3) is 0 Å². The number of aliphatic carboxylic acids is 1. The minimum absolute atomic E-state index is 0.0172. The molecule has 6 nitrogen and oxygen atoms in total. The van der Waals surface area contributed by atoms with Crippen LogP contribution in [0.25, 0.3) is 0 Å². The average molecular weight is 316 g/mol. The van der Waals surface area contributed by atoms with Crippen LogP contribution in [0.5, 0.6) is 0 Å². The molecule has 0 amide bonds. The molecule has 0 radical (unpaired) electrons. The molecule has 0 bridgehead atoms. The number of carboxylic acids is 1. The Balaban J connectivity index is 2.19. The first-order valence-corrected chi connectivity index (χ1v) is 8.15. The monoisotopic (exact) mass is 316 g/mol. The van der Waals surface area contributed by atoms with Crippen molar-refractivity contribution in [2.24, 2.45) is 0 Å². The molecule has 0 spiro atoms. The smallest absolute Gasteiger partial charge is 0.323 e. The summed E-state index contributed by atoms with van der Waals surface area (Å²) in [6.45, 7) is 2.61. The van der Waals surface area contributed by atoms with Gasteiger partial charge in [-0.15, -0.1) is 0 Å². The summed E-state index contributed by atoms with van der Waals surface area (Å²) in [5.74, 6) is -1.99. The third-order valence-electron chi connectivity index (χ3n) is 3.47. The maximum absolute atomic E-state index is 14.0. The van der Waals surface area contributed by atoms with E-state index in [4.69, 9.17) is 5.11 Å². The Kier molecular flexibility index (Phi) is 4.36. The molecule has 1 aromatic carbocycles. The van der Waals surface area contributed by atoms with E-state index in [0.29, 0.717) is 5.69 Å². The SMILES string of the molecule is CC(C(=O)O)S(=O)(=O)Nc1ccc(N2CCCC2)c(F)c1. The number of nitrogens with one attached hydrogen (secondary N) is 1. The Morgan fingerprint density at radius 3 is 2.52 bits per heavy atom. The van der Waals surface area contributed by atoms with Crippen LogP contribution in [0.2, 0.25) is 0 Å². The number of halogens is 1. The summed E-state index contributed by atoms with van der Waals surface area (Å²) in [6, 6.07) is 4.01. The molecule has 1 aromatic rings. The van der Waals surface area contributed by atoms with Gasteiger partial charge in [-0.05, 0) is 31.9 Å². The summed E-state index contributed by atoms with van der Waals surface area (Å²) >= 11 is 0. The van der Waals surface area contributed by atoms with Gasteiger partial charge in [-0.25, -0.2) is 12.8 Å². The van der Waals surface area contributed by atoms with Crippen LogP contribution in [0.3, 0.4) is 0 Å². The van der Waals surface area contributed by atoms with Crippen molar-refractivity contribution in [2.75, 3.05) is 22.7 Å². The van der Waals surface area contributed by atoms with E-state index in [1.54, 1.807) is 0 Å². The topological polar surface area (TPSA) is 86.7 Å². The highest BCUT2D eigenvalue weighted by molar-refractivity contribution is 7.94. The van der Waals surface area contributed by atoms with Gasteiger partial charge in [-0.1, -0.05) is 0 Å². The van der Waals surface area contributed by atoms with Crippen molar-refractivity contribution in [3.63, 3.8) is 0 Å². The van der Waals surface area contributed by atoms with Crippen LogP contribution in [0.1, 0.15) is 19.8 Å². The molecule has 1 unspecified atom stereocenters. The number of hydrogen-bond donors (Lipinski definition) is 2. The van der Waals surface area contributed by atoms with Crippen molar-refractivity contribution >= 4 is 27.4 Å². The highest BCUT2D eigenvalue weighted by Gasteiger charge is 2.28. The fourth-order valence-electron chi connectivity index (χ4n) is 2.17. The fraction of sp³-hybridized carbons (Fsp3) is 0.462. The summed E-state index contributed by atoms with van der Waals surface area (Å²) < 4.78 is 39.7. The van der Waals surface area contributed by atoms with Gasteiger partial charge < -0.3 is 10.0 Å². The van der Waals surface area contributed by atoms with Crippen LogP contribution in [0, 0.1) is 5.82 Å². The quantitative estimate of drug-likeness (QED) is 0.862. The molecule has 21 heavy (non-hydrogen) atoms. The van der Waals surface area contributed by atoms with E-state index in [2.05, 4.69) is 4.72 Å². The highest BCUT2D eigenvalue weighted by atomic mass is 32.2. The molecular weight excluding hydrogens is 299 g/mol. The number of carbonyl (C=O) groups is 1. The van der Waals surface area contributed by atoms with Crippen molar-refractivity contribution in [1.82, 2.24) is 0 Å². The number of benzene rings is 1. The zero-order valence-corrected chi connectivity index (χ0v) is 12.4. The number of sulfonamides is 1. The minimum Gasteiger partial charge on any atom is -0.480 e. The fourth-order valence-corrected chi connectivity index (χ4v) is 3.07. The van der Waals surface area contributed by atoms with Crippen LogP contribution in [-0.4, -0.2) is 37.8 Å². The van der Waals surface area contributed by atoms with E-state index in [0.717, 1.165) is 38.9 Å². The van der Waals surface area contributed by atoms with Crippen LogP contribution < -0.4 is 9.62 Å². The zero-order chi connectivity index (χ0) is 15.6. The van der Waals surface area contributed by atoms with Crippen LogP contribution in [0.4, 0.5) is 15.8 Å². The van der Waals surface area contributed by atoms with Gasteiger partial charge in [-0.3, -0.25) is 9.52 Å². The lowest BCUT2D eigenvalue weighted by atomic mass is 10.2. The van der Waals surface area contributed by atoms with Gasteiger partial charge in [0.2, 0.25) is 10.0 Å². The van der Waals surface area contributed by atoms with E-state index in [-0.39, 0.29) is 5.69 Å². The lowest BCUT2D eigenvalue weighted by molar-refractivity contribution is -0.136. The van der Waals surface area contributed by atoms with E-state index in [9.17, 15) is 17.6 Å². The normalized spacial score (nSPS) is 16.8. The van der Waals surface area contributed by atoms with Crippen molar-refractivity contribution in [1.29, 1.82) is 0 Å². The number of anilines is 2. The van der Waals surface area contributed by atoms with Gasteiger partial charge in [0, 0.05) is 19.2 Å². The predicted octanol–water partition coefficient (Wildman–Crippen LogP) is 1.64. The molecule has 2 N–H and O–H groups in total. The number of nitrogens with zero attached hydrogens (tertiary/aromatic N) is 1. The van der Waals surface area contributed by atoms with Gasteiger partial charge in [0.05, 0.1) is 11.4 Å². The largest absolute Gasteiger partial charge is 0.480 e. The number of hydrogen-bond acceptors (Lipinski definition) is 4. The maximum Gasteiger partial charge on any atom is 0.323 e. The lowest BCUT2D eigenvalue weighted by Gasteiger charge is -2.19. The molecule has 2 rings (SSSR count). The van der Waals surface area contributed by atoms with Crippen molar-refractivity contribution in [3.8, 4) is 0 Å². The van der Waals surface area contributed by atoms with E-state index in [1.165, 1.54) is 12.1 Å². The molecule has 0 saturated carbocycles. The Morgan fingerprint density at radius 1 is 1.38 bits per heavy atom. The third kappa shape index (κ3) is 3.44. The summed E-state index contributed by atoms with van der Waals surface area (Å²) in [6.07, 6.45) is 2.01. The molecule has 116 valence electrons. The molecule has 1 saturated heterocycles. The van der Waals surface area contributed by atoms with Gasteiger partial charge >= 0.3 is 5.97 Å². The van der Waals surface area contributed by atoms with Crippen molar-refractivity contribution < 1.29 is 22.7 Å². The first-order chi connectivity index (χ1) is 9.81. The van der Waals surface area contributed by atoms with Crippen LogP contribution >= 0.6 is 0 Å². The van der Waals surface area contributed by atoms with Crippen LogP contribution in [-0.2, 0) is 14.8 Å². The zero-order valence-electron chi connectivity index (χ0n) is 11.5. The Labute approximate surface area is 122 Å². The van der Waals surface area contributed by atoms with Crippen molar-refractivity contribution in [3.05, 3.63) is 24.0 Å². The van der Waals surface area contributed by atoms with E-state index in [1.807, 2.05) is 4.90 Å². The highest BCUT2D eigenvalue weighted by Crippen LogP contribution is 2.26. The lowest BCUT2D eigenvalue weighted by Crippen LogP contribution is -2.32. The molecule has 1 aliphatic heterocycles. The van der Waals surface area contributed by atoms with Crippen LogP contribution in [0.15, 0.2) is 18.2 Å². The Hall–Kier alpha value is -1.83. The van der Waals surface area contributed by atoms with E-state index < -0.39 is 27.1 Å². The Morgan fingerprint density at radius 2 is 2.00 bits per heavy atom. The predicted molar refractivity (Wildman–Crippen MR) is 77.5 cm³/mol. The molecular formula is C13H17FN2O4S. The second-order valence-electron chi connectivity index (χ2n) is 4.99. The molecule has 1 atom stereocenters. The van der Waals surface area contributed by atoms with Gasteiger partial charge in [0.1, 0.15) is 5.82 Å². The third-order valence-corrected chi connectivity index (χ3v) is 5.12. The number of rotatable bonds is 5. The molecule has 0 aromatic heterocycles. The summed E-state index contributed by atoms with van der Waals surface area (Å²) in [4.78, 5) is 12.6. The minimum atomic E-state index is -4.09. The standard InChI is InChI=1S/C13H17FN2O4S/c1-9(13(17)18)21(19,20)15-10-4-5-12(11(14)8-10)16-6-2-3-7-16/h4-5,8-9,15H,2-3,6-7H2,1H3,(H,17,18). The molecule has 1 aliphatic rings. The maximum atomic E-state index is 14.0. The van der Waals surface area contributed by atoms with Gasteiger partial charge in [-0.2, -0.15) is 0 Å². The second-order valence-corrected chi connectivity index (χ2v) is 6.99. The average Bonchev–Trinajstić information content (AvgIpc) is 2.91. The Bertz CT molecular complexity index is 642. The van der Waals surface area contributed by atoms with Crippen molar-refractivity contribution in [2.45, 2.75) is 25.0 Å². The summed E-state index contributed by atoms with van der Waals surface area (Å²) in [5.41, 5.74) is 0.449. The number of carboxylic acid groups (broad SMARTS) is 1. The molecule has 8 heteroatoms. The van der Waals surface area contributed by atoms with E-state index >= 15 is 0 Å². The second kappa shape index (κ2) is 5.88. The molecule has 1 fully saturated rings.